The van der Waals surface area contributed by atoms with Crippen LogP contribution in [0.2, 0.25) is 0 Å². The van der Waals surface area contributed by atoms with E-state index in [1.807, 2.05) is 0 Å². The van der Waals surface area contributed by atoms with E-state index in [4.69, 9.17) is 4.57 Å². The molecule has 2 aliphatic rings. The molecule has 0 aromatic heterocycles. The van der Waals surface area contributed by atoms with Crippen LogP contribution in [-0.2, 0) is 4.57 Å². The van der Waals surface area contributed by atoms with Crippen LogP contribution in [0.15, 0.2) is 24.3 Å². The highest BCUT2D eigenvalue weighted by atomic mass is 31.0. The zero-order chi connectivity index (χ0) is 5.98. The van der Waals surface area contributed by atoms with Gasteiger partial charge in [-0.2, -0.15) is 0 Å². The Hall–Kier alpha value is -0.680. The summed E-state index contributed by atoms with van der Waals surface area (Å²) in [5.41, 5.74) is 2.85. The molecule has 0 aromatic carbocycles. The van der Waals surface area contributed by atoms with Crippen LogP contribution in [0.3, 0.4) is 0 Å². The van der Waals surface area contributed by atoms with Gasteiger partial charge in [0, 0.05) is 0 Å². The summed E-state index contributed by atoms with van der Waals surface area (Å²) in [6, 6.07) is 8.48. The summed E-state index contributed by atoms with van der Waals surface area (Å²) in [7, 11) is 1.72. The first-order chi connectivity index (χ1) is 3.97. The zero-order valence-corrected chi connectivity index (χ0v) is 5.22. The van der Waals surface area contributed by atoms with Crippen molar-refractivity contribution in [2.45, 2.75) is 0 Å². The molecule has 0 amide bonds. The molecule has 2 rings (SSSR count). The molecule has 0 aromatic rings. The quantitative estimate of drug-likeness (QED) is 0.491. The van der Waals surface area contributed by atoms with Crippen molar-refractivity contribution in [2.24, 2.45) is 0 Å². The maximum absolute atomic E-state index is 8.06. The zero-order valence-electron chi connectivity index (χ0n) is 4.22. The summed E-state index contributed by atoms with van der Waals surface area (Å²) in [6.07, 6.45) is 0. The molecule has 0 saturated heterocycles. The second kappa shape index (κ2) is 2.06. The van der Waals surface area contributed by atoms with Gasteiger partial charge in [0.2, 0.25) is 0 Å². The lowest BCUT2D eigenvalue weighted by Crippen LogP contribution is -1.23. The van der Waals surface area contributed by atoms with E-state index >= 15 is 0 Å². The fraction of sp³-hybridized carbons (Fsp3) is 0. The van der Waals surface area contributed by atoms with Crippen LogP contribution in [-0.4, -0.2) is 0 Å². The number of hydrogen-bond acceptors (Lipinski definition) is 1. The summed E-state index contributed by atoms with van der Waals surface area (Å²) < 4.78 is 8.06. The van der Waals surface area contributed by atoms with Gasteiger partial charge in [0.05, 0.1) is 0 Å². The van der Waals surface area contributed by atoms with Crippen LogP contribution in [0.25, 0.3) is 11.1 Å². The Bertz CT molecular complexity index is 180. The van der Waals surface area contributed by atoms with Gasteiger partial charge < -0.3 is 0 Å². The lowest BCUT2D eigenvalue weighted by Gasteiger charge is -1.48. The number of hydrogen-bond donors (Lipinski definition) is 0. The van der Waals surface area contributed by atoms with Crippen molar-refractivity contribution in [3.63, 3.8) is 0 Å². The molecule has 0 saturated carbocycles. The van der Waals surface area contributed by atoms with Crippen molar-refractivity contribution in [1.82, 2.24) is 0 Å². The lowest BCUT2D eigenvalue weighted by molar-refractivity contribution is 0.607. The van der Waals surface area contributed by atoms with Crippen LogP contribution in [0.4, 0.5) is 0 Å². The van der Waals surface area contributed by atoms with Crippen LogP contribution in [0.5, 0.6) is 0 Å². The van der Waals surface area contributed by atoms with E-state index in [1.54, 1.807) is 9.12 Å². The summed E-state index contributed by atoms with van der Waals surface area (Å²) in [5, 5.41) is 0. The van der Waals surface area contributed by atoms with Gasteiger partial charge >= 0.3 is 0 Å². The molecule has 0 radical (unpaired) electrons. The topological polar surface area (TPSA) is 17.1 Å². The Morgan fingerprint density at radius 2 is 1.62 bits per heavy atom. The largest absolute Gasteiger partial charge is 0.279 e. The van der Waals surface area contributed by atoms with E-state index in [1.165, 1.54) is 11.1 Å². The van der Waals surface area contributed by atoms with Crippen LogP contribution in [0.1, 0.15) is 0 Å². The van der Waals surface area contributed by atoms with Gasteiger partial charge in [-0.25, -0.2) is 0 Å². The molecule has 2 heteroatoms. The van der Waals surface area contributed by atoms with Gasteiger partial charge in [-0.3, -0.25) is 4.57 Å². The maximum atomic E-state index is 8.06. The molecule has 0 aliphatic heterocycles. The van der Waals surface area contributed by atoms with Gasteiger partial charge in [0.25, 0.3) is 0 Å². The first-order valence-corrected chi connectivity index (χ1v) is 2.68. The van der Waals surface area contributed by atoms with Crippen molar-refractivity contribution in [2.75, 3.05) is 0 Å². The van der Waals surface area contributed by atoms with Crippen LogP contribution in [0, 0.1) is 0 Å². The van der Waals surface area contributed by atoms with Crippen molar-refractivity contribution in [3.8, 4) is 11.1 Å². The highest BCUT2D eigenvalue weighted by Gasteiger charge is 2.06. The summed E-state index contributed by atoms with van der Waals surface area (Å²) >= 11 is 0. The molecule has 8 heavy (non-hydrogen) atoms. The third-order valence-corrected chi connectivity index (χ3v) is 1.11. The predicted octanol–water partition coefficient (Wildman–Crippen LogP) is 2.14. The van der Waals surface area contributed by atoms with E-state index in [9.17, 15) is 0 Å². The van der Waals surface area contributed by atoms with Crippen molar-refractivity contribution in [3.05, 3.63) is 24.3 Å². The van der Waals surface area contributed by atoms with E-state index in [0.717, 1.165) is 0 Å². The van der Waals surface area contributed by atoms with Gasteiger partial charge in [0.1, 0.15) is 9.12 Å². The van der Waals surface area contributed by atoms with Crippen molar-refractivity contribution >= 4 is 9.12 Å². The second-order valence-corrected chi connectivity index (χ2v) is 1.58. The average molecular weight is 124 g/mol. The third-order valence-electron chi connectivity index (χ3n) is 1.11. The molecule has 0 spiro atoms. The van der Waals surface area contributed by atoms with E-state index in [2.05, 4.69) is 24.3 Å². The average Bonchev–Trinajstić information content (AvgIpc) is 2.46. The molecule has 40 valence electrons. The standard InChI is InChI=1S/C6H4.HOP/c1-2-5-4-6(5)3-1;1-2/h1-4H;2H. The number of benzene rings is 1. The van der Waals surface area contributed by atoms with Crippen LogP contribution < -0.4 is 0 Å². The molecular weight excluding hydrogens is 119 g/mol. The number of fused-ring (bicyclic) bond motifs is 1. The number of rotatable bonds is 0. The fourth-order valence-electron chi connectivity index (χ4n) is 0.676. The molecule has 1 nitrogen and oxygen atoms in total. The molecule has 0 atom stereocenters. The van der Waals surface area contributed by atoms with Gasteiger partial charge in [0.15, 0.2) is 0 Å². The first kappa shape index (κ1) is 5.46. The molecule has 0 heterocycles. The van der Waals surface area contributed by atoms with E-state index in [-0.39, 0.29) is 0 Å². The summed E-state index contributed by atoms with van der Waals surface area (Å²) in [5.74, 6) is 0. The normalized spacial score (nSPS) is 9.00. The summed E-state index contributed by atoms with van der Waals surface area (Å²) in [6.45, 7) is 0. The van der Waals surface area contributed by atoms with Crippen molar-refractivity contribution < 1.29 is 4.57 Å². The Labute approximate surface area is 50.0 Å². The molecule has 0 bridgehead atoms. The highest BCUT2D eigenvalue weighted by Crippen LogP contribution is 2.32. The molecule has 0 unspecified atom stereocenters. The molecule has 0 N–H and O–H groups in total. The Morgan fingerprint density at radius 3 is 1.75 bits per heavy atom. The lowest BCUT2D eigenvalue weighted by atomic mass is 10.6. The van der Waals surface area contributed by atoms with Gasteiger partial charge in [-0.1, -0.05) is 18.2 Å². The molecule has 2 aliphatic carbocycles. The third kappa shape index (κ3) is 0.775. The SMILES string of the molecule is O=P.c1cc2cc-2c1. The monoisotopic (exact) mass is 124 g/mol. The fourth-order valence-corrected chi connectivity index (χ4v) is 0.676. The summed E-state index contributed by atoms with van der Waals surface area (Å²) in [4.78, 5) is 0. The van der Waals surface area contributed by atoms with Crippen LogP contribution >= 0.6 is 9.12 Å². The Kier molecular flexibility index (Phi) is 1.40. The first-order valence-electron chi connectivity index (χ1n) is 2.28. The maximum Gasteiger partial charge on any atom is 0.138 e. The van der Waals surface area contributed by atoms with Gasteiger partial charge in [-0.15, -0.1) is 0 Å². The smallest absolute Gasteiger partial charge is 0.138 e. The van der Waals surface area contributed by atoms with Crippen molar-refractivity contribution in [1.29, 1.82) is 0 Å². The predicted molar refractivity (Wildman–Crippen MR) is 34.4 cm³/mol. The minimum absolute atomic E-state index is 1.43. The molecular formula is C6H5OP. The molecule has 0 fully saturated rings. The minimum Gasteiger partial charge on any atom is -0.279 e. The Balaban J connectivity index is 0.000000147. The Morgan fingerprint density at radius 1 is 1.12 bits per heavy atom. The highest BCUT2D eigenvalue weighted by molar-refractivity contribution is 7.00. The van der Waals surface area contributed by atoms with E-state index in [0.29, 0.717) is 0 Å². The second-order valence-electron chi connectivity index (χ2n) is 1.58. The minimum atomic E-state index is 1.43. The van der Waals surface area contributed by atoms with E-state index < -0.39 is 0 Å². The van der Waals surface area contributed by atoms with Gasteiger partial charge in [-0.05, 0) is 17.2 Å².